The van der Waals surface area contributed by atoms with E-state index in [1.165, 1.54) is 10.8 Å². The van der Waals surface area contributed by atoms with Crippen LogP contribution in [0.25, 0.3) is 10.8 Å². The molecule has 0 aliphatic rings. The summed E-state index contributed by atoms with van der Waals surface area (Å²) in [5, 5.41) is 12.4. The van der Waals surface area contributed by atoms with Gasteiger partial charge in [0.25, 0.3) is 0 Å². The highest BCUT2D eigenvalue weighted by Gasteiger charge is 2.05. The van der Waals surface area contributed by atoms with Gasteiger partial charge in [-0.3, -0.25) is 0 Å². The maximum atomic E-state index is 9.96. The molecule has 1 atom stereocenters. The monoisotopic (exact) mass is 212 g/mol. The number of hydrogen-bond donors (Lipinski definition) is 1. The quantitative estimate of drug-likeness (QED) is 0.766. The summed E-state index contributed by atoms with van der Waals surface area (Å²) in [5.41, 5.74) is 0.983. The molecule has 0 heterocycles. The SMILES string of the molecule is CC=CCC(O)c1ccc2ccccc2c1. The van der Waals surface area contributed by atoms with E-state index in [0.717, 1.165) is 5.56 Å². The van der Waals surface area contributed by atoms with E-state index in [0.29, 0.717) is 6.42 Å². The molecule has 1 unspecified atom stereocenters. The molecule has 0 aliphatic carbocycles. The highest BCUT2D eigenvalue weighted by atomic mass is 16.3. The summed E-state index contributed by atoms with van der Waals surface area (Å²) in [5.74, 6) is 0. The number of benzene rings is 2. The third-order valence-electron chi connectivity index (χ3n) is 2.75. The lowest BCUT2D eigenvalue weighted by Gasteiger charge is -2.09. The fraction of sp³-hybridized carbons (Fsp3) is 0.200. The van der Waals surface area contributed by atoms with Gasteiger partial charge in [-0.2, -0.15) is 0 Å². The Morgan fingerprint density at radius 3 is 2.62 bits per heavy atom. The molecular formula is C15H16O. The van der Waals surface area contributed by atoms with Crippen molar-refractivity contribution in [2.24, 2.45) is 0 Å². The maximum Gasteiger partial charge on any atom is 0.0824 e. The van der Waals surface area contributed by atoms with Crippen molar-refractivity contribution in [3.63, 3.8) is 0 Å². The van der Waals surface area contributed by atoms with Gasteiger partial charge in [-0.25, -0.2) is 0 Å². The van der Waals surface area contributed by atoms with Crippen molar-refractivity contribution in [1.82, 2.24) is 0 Å². The van der Waals surface area contributed by atoms with Crippen molar-refractivity contribution in [3.05, 3.63) is 60.2 Å². The molecule has 0 saturated heterocycles. The second kappa shape index (κ2) is 4.95. The minimum absolute atomic E-state index is 0.402. The molecule has 0 bridgehead atoms. The first-order valence-electron chi connectivity index (χ1n) is 5.59. The van der Waals surface area contributed by atoms with Crippen molar-refractivity contribution < 1.29 is 5.11 Å². The van der Waals surface area contributed by atoms with Gasteiger partial charge >= 0.3 is 0 Å². The lowest BCUT2D eigenvalue weighted by molar-refractivity contribution is 0.181. The highest BCUT2D eigenvalue weighted by Crippen LogP contribution is 2.22. The molecule has 0 amide bonds. The standard InChI is InChI=1S/C15H16O/c1-2-3-8-15(16)14-10-9-12-6-4-5-7-13(12)11-14/h2-7,9-11,15-16H,8H2,1H3. The summed E-state index contributed by atoms with van der Waals surface area (Å²) in [4.78, 5) is 0. The van der Waals surface area contributed by atoms with Crippen molar-refractivity contribution in [3.8, 4) is 0 Å². The minimum atomic E-state index is -0.402. The van der Waals surface area contributed by atoms with Gasteiger partial charge in [0.15, 0.2) is 0 Å². The number of fused-ring (bicyclic) bond motifs is 1. The Morgan fingerprint density at radius 2 is 1.88 bits per heavy atom. The van der Waals surface area contributed by atoms with Crippen LogP contribution in [-0.4, -0.2) is 5.11 Å². The topological polar surface area (TPSA) is 20.2 Å². The van der Waals surface area contributed by atoms with Gasteiger partial charge in [0.1, 0.15) is 0 Å². The highest BCUT2D eigenvalue weighted by molar-refractivity contribution is 5.83. The van der Waals surface area contributed by atoms with E-state index in [9.17, 15) is 5.11 Å². The van der Waals surface area contributed by atoms with E-state index in [4.69, 9.17) is 0 Å². The maximum absolute atomic E-state index is 9.96. The molecule has 2 aromatic rings. The van der Waals surface area contributed by atoms with Crippen LogP contribution in [0.4, 0.5) is 0 Å². The van der Waals surface area contributed by atoms with E-state index < -0.39 is 6.10 Å². The van der Waals surface area contributed by atoms with E-state index in [2.05, 4.69) is 24.3 Å². The molecule has 0 aromatic heterocycles. The van der Waals surface area contributed by atoms with Gasteiger partial charge in [-0.05, 0) is 35.7 Å². The zero-order valence-electron chi connectivity index (χ0n) is 9.43. The number of aliphatic hydroxyl groups excluding tert-OH is 1. The van der Waals surface area contributed by atoms with Crippen LogP contribution < -0.4 is 0 Å². The summed E-state index contributed by atoms with van der Waals surface area (Å²) in [6, 6.07) is 14.3. The molecule has 16 heavy (non-hydrogen) atoms. The van der Waals surface area contributed by atoms with Gasteiger partial charge < -0.3 is 5.11 Å². The number of hydrogen-bond acceptors (Lipinski definition) is 1. The van der Waals surface area contributed by atoms with Crippen LogP contribution in [0.1, 0.15) is 25.0 Å². The molecule has 1 heteroatoms. The van der Waals surface area contributed by atoms with Crippen molar-refractivity contribution in [1.29, 1.82) is 0 Å². The summed E-state index contributed by atoms with van der Waals surface area (Å²) in [6.45, 7) is 1.97. The van der Waals surface area contributed by atoms with Crippen LogP contribution in [0.15, 0.2) is 54.6 Å². The van der Waals surface area contributed by atoms with E-state index in [1.54, 1.807) is 0 Å². The first kappa shape index (κ1) is 10.9. The van der Waals surface area contributed by atoms with E-state index >= 15 is 0 Å². The van der Waals surface area contributed by atoms with Crippen molar-refractivity contribution in [2.45, 2.75) is 19.4 Å². The summed E-state index contributed by atoms with van der Waals surface area (Å²) in [6.07, 6.45) is 4.22. The number of aliphatic hydroxyl groups is 1. The fourth-order valence-electron chi connectivity index (χ4n) is 1.82. The van der Waals surface area contributed by atoms with E-state index in [-0.39, 0.29) is 0 Å². The van der Waals surface area contributed by atoms with Crippen molar-refractivity contribution in [2.75, 3.05) is 0 Å². The Balaban J connectivity index is 2.31. The van der Waals surface area contributed by atoms with Gasteiger partial charge in [0.2, 0.25) is 0 Å². The third-order valence-corrected chi connectivity index (χ3v) is 2.75. The normalized spacial score (nSPS) is 13.4. The van der Waals surface area contributed by atoms with Crippen LogP contribution >= 0.6 is 0 Å². The van der Waals surface area contributed by atoms with Crippen LogP contribution in [0.5, 0.6) is 0 Å². The second-order valence-electron chi connectivity index (χ2n) is 3.93. The summed E-state index contributed by atoms with van der Waals surface area (Å²) in [7, 11) is 0. The van der Waals surface area contributed by atoms with Gasteiger partial charge in [0, 0.05) is 0 Å². The zero-order valence-corrected chi connectivity index (χ0v) is 9.43. The molecule has 0 aliphatic heterocycles. The first-order chi connectivity index (χ1) is 7.81. The molecule has 0 saturated carbocycles. The average molecular weight is 212 g/mol. The largest absolute Gasteiger partial charge is 0.388 e. The van der Waals surface area contributed by atoms with Gasteiger partial charge in [-0.15, -0.1) is 0 Å². The Labute approximate surface area is 96.0 Å². The lowest BCUT2D eigenvalue weighted by Crippen LogP contribution is -1.95. The zero-order chi connectivity index (χ0) is 11.4. The van der Waals surface area contributed by atoms with Crippen LogP contribution in [-0.2, 0) is 0 Å². The fourth-order valence-corrected chi connectivity index (χ4v) is 1.82. The number of rotatable bonds is 3. The molecule has 2 rings (SSSR count). The van der Waals surface area contributed by atoms with Crippen LogP contribution in [0.2, 0.25) is 0 Å². The van der Waals surface area contributed by atoms with Crippen molar-refractivity contribution >= 4 is 10.8 Å². The lowest BCUT2D eigenvalue weighted by atomic mass is 10.0. The van der Waals surface area contributed by atoms with Gasteiger partial charge in [-0.1, -0.05) is 48.6 Å². The predicted molar refractivity (Wildman–Crippen MR) is 68.3 cm³/mol. The molecule has 0 radical (unpaired) electrons. The van der Waals surface area contributed by atoms with Gasteiger partial charge in [0.05, 0.1) is 6.10 Å². The Hall–Kier alpha value is -1.60. The molecule has 1 nitrogen and oxygen atoms in total. The predicted octanol–water partition coefficient (Wildman–Crippen LogP) is 3.84. The molecule has 82 valence electrons. The Bertz CT molecular complexity index is 500. The van der Waals surface area contributed by atoms with Crippen LogP contribution in [0.3, 0.4) is 0 Å². The molecule has 0 spiro atoms. The summed E-state index contributed by atoms with van der Waals surface area (Å²) >= 11 is 0. The number of allylic oxidation sites excluding steroid dienone is 1. The molecule has 2 aromatic carbocycles. The Kier molecular flexibility index (Phi) is 3.37. The second-order valence-corrected chi connectivity index (χ2v) is 3.93. The first-order valence-corrected chi connectivity index (χ1v) is 5.59. The average Bonchev–Trinajstić information content (AvgIpc) is 2.35. The van der Waals surface area contributed by atoms with Crippen LogP contribution in [0, 0.1) is 0 Å². The molecule has 1 N–H and O–H groups in total. The van der Waals surface area contributed by atoms with E-state index in [1.807, 2.05) is 37.3 Å². The minimum Gasteiger partial charge on any atom is -0.388 e. The molecule has 0 fully saturated rings. The molecular weight excluding hydrogens is 196 g/mol. The summed E-state index contributed by atoms with van der Waals surface area (Å²) < 4.78 is 0. The Morgan fingerprint density at radius 1 is 1.12 bits per heavy atom. The smallest absolute Gasteiger partial charge is 0.0824 e. The third kappa shape index (κ3) is 2.31.